The first kappa shape index (κ1) is 107. The molecule has 110 heavy (non-hydrogen) atoms. The van der Waals surface area contributed by atoms with Crippen LogP contribution in [-0.4, -0.2) is 295 Å². The second-order valence-corrected chi connectivity index (χ2v) is 26.6. The van der Waals surface area contributed by atoms with Gasteiger partial charge in [0, 0.05) is 68.7 Å². The molecule has 640 valence electrons. The lowest BCUT2D eigenvalue weighted by molar-refractivity contribution is -0.181. The molecule has 1 heterocycles. The van der Waals surface area contributed by atoms with Crippen LogP contribution in [-0.2, 0) is 102 Å². The summed E-state index contributed by atoms with van der Waals surface area (Å²) in [6.45, 7) is 20.4. The lowest BCUT2D eigenvalue weighted by Gasteiger charge is -2.41. The summed E-state index contributed by atoms with van der Waals surface area (Å²) in [7, 11) is 8.84. The molecule has 0 aromatic heterocycles. The fraction of sp³-hybridized carbons (Fsp3) is 0.787. The van der Waals surface area contributed by atoms with E-state index in [1.165, 1.54) is 49.4 Å². The van der Waals surface area contributed by atoms with Gasteiger partial charge in [-0.3, -0.25) is 33.6 Å². The standard InChI is InChI=1S/C55H93N7O16.C11H21NO7.C7H16O4.2CH4/c1-15-34(7)48(61(11)53(69)47(33(5)6)60-52(68)46(56)32(3)4)42(72-12)28-43(64)62-26-20-23-41(62)49(74-14)36(9)50(66)59-40(27-38-21-18-17-19-22-38)51(67)58-29-35(8)76-54(70)37(10)77-44(65)24-25-57-55(71)75-31-45(73-13)78-39(16-2)30-63;1-3-8(6-13)19-10(17-2)7-18-11(16)12-5-4-9(14)15;1-3-6(4-8)11-7(5-9)10-2;;/h17-19,21-22,32-37,39-42,45-49,63H,15-16,20,23-31,56H2,1-14H3,(H,57,71)(H,58,67)(H,59,66)(H,60,68);8,10,13H,3-7H2,1-2H3,(H,12,16)(H,14,15);6-9H,3-5H2,1-2H3;2*1H4/t34-,35+,36+,37-,39?,40-,41-,42+,45?,46-,47-,48-,49+;;;;/m0..../s1. The Morgan fingerprint density at radius 3 is 1.55 bits per heavy atom. The van der Waals surface area contributed by atoms with Crippen molar-refractivity contribution in [3.63, 3.8) is 0 Å². The van der Waals surface area contributed by atoms with Crippen molar-refractivity contribution < 1.29 is 130 Å². The summed E-state index contributed by atoms with van der Waals surface area (Å²) in [6, 6.07) is 5.26. The van der Waals surface area contributed by atoms with Crippen molar-refractivity contribution in [3.05, 3.63) is 35.9 Å². The van der Waals surface area contributed by atoms with Gasteiger partial charge in [0.15, 0.2) is 25.0 Å². The molecule has 17 atom stereocenters. The number of carbonyl (C=O) groups is 10. The summed E-state index contributed by atoms with van der Waals surface area (Å²) < 4.78 is 63.2. The molecule has 1 saturated heterocycles. The Kier molecular flexibility index (Phi) is 59.1. The van der Waals surface area contributed by atoms with Gasteiger partial charge in [0.05, 0.1) is 107 Å². The Morgan fingerprint density at radius 1 is 0.609 bits per heavy atom. The molecule has 35 nitrogen and oxygen atoms in total. The Labute approximate surface area is 651 Å². The van der Waals surface area contributed by atoms with Gasteiger partial charge in [-0.25, -0.2) is 14.4 Å². The maximum atomic E-state index is 14.4. The number of esters is 2. The lowest BCUT2D eigenvalue weighted by Crippen LogP contribution is -2.59. The lowest BCUT2D eigenvalue weighted by atomic mass is 9.89. The van der Waals surface area contributed by atoms with Crippen LogP contribution in [0.2, 0.25) is 0 Å². The molecule has 0 saturated carbocycles. The summed E-state index contributed by atoms with van der Waals surface area (Å²) in [5.41, 5.74) is 6.89. The molecule has 1 aliphatic rings. The molecule has 1 aromatic rings. The molecule has 7 amide bonds. The quantitative estimate of drug-likeness (QED) is 0.0252. The van der Waals surface area contributed by atoms with Gasteiger partial charge in [-0.15, -0.1) is 0 Å². The third-order valence-electron chi connectivity index (χ3n) is 17.8. The largest absolute Gasteiger partial charge is 0.481 e. The number of hydrogen-bond donors (Lipinski definition) is 11. The average Bonchev–Trinajstić information content (AvgIpc) is 1.47. The number of aliphatic hydroxyl groups is 4. The van der Waals surface area contributed by atoms with Crippen molar-refractivity contribution in [2.45, 2.75) is 254 Å². The molecule has 35 heteroatoms. The highest BCUT2D eigenvalue weighted by Crippen LogP contribution is 2.30. The molecule has 0 bridgehead atoms. The molecular weight excluding hydrogens is 1440 g/mol. The average molecular weight is 1580 g/mol. The number of carboxylic acids is 1. The number of rotatable bonds is 51. The number of aliphatic hydroxyl groups excluding tert-OH is 4. The molecule has 0 spiro atoms. The van der Waals surface area contributed by atoms with Gasteiger partial charge in [-0.05, 0) is 69.3 Å². The van der Waals surface area contributed by atoms with Crippen LogP contribution >= 0.6 is 0 Å². The minimum absolute atomic E-state index is 0. The van der Waals surface area contributed by atoms with Crippen LogP contribution in [0, 0.1) is 23.7 Å². The third kappa shape index (κ3) is 41.5. The maximum Gasteiger partial charge on any atom is 0.407 e. The zero-order valence-corrected chi connectivity index (χ0v) is 66.7. The monoisotopic (exact) mass is 1580 g/mol. The number of methoxy groups -OCH3 is 5. The van der Waals surface area contributed by atoms with Gasteiger partial charge < -0.3 is 124 Å². The van der Waals surface area contributed by atoms with Crippen LogP contribution in [0.1, 0.15) is 161 Å². The van der Waals surface area contributed by atoms with Crippen molar-refractivity contribution in [1.82, 2.24) is 36.4 Å². The van der Waals surface area contributed by atoms with E-state index in [1.807, 2.05) is 92.6 Å². The fourth-order valence-electron chi connectivity index (χ4n) is 10.8. The molecular formula is C75H138N8O27. The molecule has 0 aliphatic carbocycles. The number of amides is 7. The number of likely N-dealkylation sites (N-methyl/N-ethyl adjacent to an activating group) is 1. The number of alkyl carbamates (subject to hydrolysis) is 2. The second-order valence-electron chi connectivity index (χ2n) is 26.6. The van der Waals surface area contributed by atoms with E-state index in [0.29, 0.717) is 45.1 Å². The topological polar surface area (TPSA) is 475 Å². The van der Waals surface area contributed by atoms with Gasteiger partial charge in [0.2, 0.25) is 29.5 Å². The number of hydrogen-bond acceptors (Lipinski definition) is 27. The third-order valence-corrected chi connectivity index (χ3v) is 17.8. The van der Waals surface area contributed by atoms with E-state index >= 15 is 0 Å². The number of nitrogens with two attached hydrogens (primary N) is 1. The van der Waals surface area contributed by atoms with Crippen LogP contribution in [0.25, 0.3) is 0 Å². The van der Waals surface area contributed by atoms with E-state index in [1.54, 1.807) is 23.8 Å². The van der Waals surface area contributed by atoms with Crippen molar-refractivity contribution in [1.29, 1.82) is 0 Å². The first-order chi connectivity index (χ1) is 51.2. The van der Waals surface area contributed by atoms with Crippen molar-refractivity contribution in [2.24, 2.45) is 29.4 Å². The summed E-state index contributed by atoms with van der Waals surface area (Å²) in [5.74, 6) is -6.12. The Morgan fingerprint density at radius 2 is 1.12 bits per heavy atom. The van der Waals surface area contributed by atoms with E-state index in [0.717, 1.165) is 5.56 Å². The predicted octanol–water partition coefficient (Wildman–Crippen LogP) is 3.57. The van der Waals surface area contributed by atoms with Crippen LogP contribution in [0.5, 0.6) is 0 Å². The Bertz CT molecular complexity index is 2700. The first-order valence-corrected chi connectivity index (χ1v) is 36.9. The van der Waals surface area contributed by atoms with Gasteiger partial charge in [-0.1, -0.05) is 121 Å². The van der Waals surface area contributed by atoms with Crippen molar-refractivity contribution >= 4 is 59.6 Å². The molecule has 0 radical (unpaired) electrons. The number of nitrogens with one attached hydrogen (secondary N) is 5. The summed E-state index contributed by atoms with van der Waals surface area (Å²) in [4.78, 5) is 132. The maximum absolute atomic E-state index is 14.4. The number of carbonyl (C=O) groups excluding carboxylic acids is 9. The summed E-state index contributed by atoms with van der Waals surface area (Å²) in [5, 5.41) is 57.2. The van der Waals surface area contributed by atoms with Gasteiger partial charge in [0.1, 0.15) is 31.4 Å². The Balaban J connectivity index is -0.00000296. The minimum Gasteiger partial charge on any atom is -0.481 e. The van der Waals surface area contributed by atoms with E-state index in [-0.39, 0.29) is 142 Å². The highest BCUT2D eigenvalue weighted by molar-refractivity contribution is 5.91. The van der Waals surface area contributed by atoms with Crippen molar-refractivity contribution in [3.8, 4) is 0 Å². The number of nitrogens with zero attached hydrogens (tertiary/aromatic N) is 2. The van der Waals surface area contributed by atoms with E-state index < -0.39 is 133 Å². The van der Waals surface area contributed by atoms with Crippen molar-refractivity contribution in [2.75, 3.05) is 108 Å². The Hall–Kier alpha value is -7.00. The summed E-state index contributed by atoms with van der Waals surface area (Å²) in [6.07, 6.45) is -5.54. The molecule has 2 rings (SSSR count). The van der Waals surface area contributed by atoms with Gasteiger partial charge in [-0.2, -0.15) is 0 Å². The molecule has 1 fully saturated rings. The summed E-state index contributed by atoms with van der Waals surface area (Å²) >= 11 is 0. The number of carboxylic acid groups (broad SMARTS) is 1. The van der Waals surface area contributed by atoms with Crippen LogP contribution in [0.3, 0.4) is 0 Å². The zero-order chi connectivity index (χ0) is 82.2. The fourth-order valence-corrected chi connectivity index (χ4v) is 10.8. The van der Waals surface area contributed by atoms with E-state index in [2.05, 4.69) is 26.6 Å². The highest BCUT2D eigenvalue weighted by Gasteiger charge is 2.44. The first-order valence-electron chi connectivity index (χ1n) is 36.9. The zero-order valence-electron chi connectivity index (χ0n) is 66.7. The SMILES string of the molecule is C.C.CCC(CO)OC(CO)OC.CCC(CO)OC(COC(=O)NCCC(=O)O)OC.CCC(CO)OC(COC(=O)NCCC(=O)O[C@@H](C)C(=O)O[C@H](C)CNC(=O)[C@H](Cc1ccccc1)NC(=O)[C@H](C)[C@@H](OC)[C@@H]1CCCN1C(=O)C[C@@H](OC)[C@H]([C@@H](C)CC)N(C)C(=O)[C@@H](NC(=O)[C@@H](N)C(C)C)C(C)C)OC. The molecule has 6 unspecified atom stereocenters. The number of ether oxygens (including phenoxy) is 12. The molecule has 1 aliphatic heterocycles. The van der Waals surface area contributed by atoms with E-state index in [4.69, 9.17) is 83.0 Å². The predicted molar refractivity (Wildman–Crippen MR) is 407 cm³/mol. The normalized spacial score (nSPS) is 16.8. The molecule has 12 N–H and O–H groups in total. The number of aliphatic carboxylic acids is 1. The highest BCUT2D eigenvalue weighted by atomic mass is 16.7. The van der Waals surface area contributed by atoms with Crippen LogP contribution in [0.4, 0.5) is 9.59 Å². The number of likely N-dealkylation sites (tertiary alicyclic amines) is 1. The van der Waals surface area contributed by atoms with Gasteiger partial charge in [0.25, 0.3) is 0 Å². The molecule has 1 aromatic carbocycles. The van der Waals surface area contributed by atoms with Crippen LogP contribution < -0.4 is 32.3 Å². The van der Waals surface area contributed by atoms with Crippen LogP contribution in [0.15, 0.2) is 30.3 Å². The number of benzene rings is 1. The smallest absolute Gasteiger partial charge is 0.407 e. The second kappa shape index (κ2) is 60.6. The van der Waals surface area contributed by atoms with Gasteiger partial charge >= 0.3 is 30.1 Å². The minimum atomic E-state index is -1.33. The van der Waals surface area contributed by atoms with E-state index in [9.17, 15) is 53.1 Å².